The molecule has 2 atom stereocenters. The van der Waals surface area contributed by atoms with Gasteiger partial charge in [-0.1, -0.05) is 58.0 Å². The van der Waals surface area contributed by atoms with Crippen molar-refractivity contribution in [3.63, 3.8) is 0 Å². The molecule has 0 spiro atoms. The molecule has 86 heavy (non-hydrogen) atoms. The first kappa shape index (κ1) is 67.7. The van der Waals surface area contributed by atoms with Gasteiger partial charge in [0.1, 0.15) is 32.5 Å². The van der Waals surface area contributed by atoms with E-state index in [1.54, 1.807) is 26.4 Å². The van der Waals surface area contributed by atoms with E-state index < -0.39 is 37.3 Å². The van der Waals surface area contributed by atoms with Crippen LogP contribution in [0.1, 0.15) is 124 Å². The van der Waals surface area contributed by atoms with Crippen molar-refractivity contribution >= 4 is 143 Å². The molecule has 32 heteroatoms. The van der Waals surface area contributed by atoms with Crippen molar-refractivity contribution in [3.8, 4) is 0 Å². The van der Waals surface area contributed by atoms with E-state index >= 15 is 0 Å². The first-order valence-electron chi connectivity index (χ1n) is 27.2. The Bertz CT molecular complexity index is 3720. The van der Waals surface area contributed by atoms with E-state index in [1.165, 1.54) is 47.0 Å². The molecule has 6 aromatic rings. The van der Waals surface area contributed by atoms with Gasteiger partial charge in [-0.25, -0.2) is 40.9 Å². The van der Waals surface area contributed by atoms with Crippen molar-refractivity contribution in [3.05, 3.63) is 109 Å². The van der Waals surface area contributed by atoms with Crippen LogP contribution in [-0.4, -0.2) is 155 Å². The first-order valence-corrected chi connectivity index (χ1v) is 32.8. The molecule has 4 aliphatic heterocycles. The molecule has 468 valence electrons. The summed E-state index contributed by atoms with van der Waals surface area (Å²) in [6, 6.07) is 15.2. The second kappa shape index (κ2) is 27.7. The van der Waals surface area contributed by atoms with Crippen molar-refractivity contribution in [2.24, 2.45) is 0 Å². The molecular formula is C54H68Cl6N14O10S2. The second-order valence-electron chi connectivity index (χ2n) is 22.9. The number of hydrogen-bond donors (Lipinski definition) is 5. The lowest BCUT2D eigenvalue weighted by molar-refractivity contribution is 0.0479. The van der Waals surface area contributed by atoms with E-state index in [0.717, 1.165) is 51.3 Å². The van der Waals surface area contributed by atoms with Crippen molar-refractivity contribution in [1.82, 2.24) is 54.9 Å². The van der Waals surface area contributed by atoms with Crippen molar-refractivity contribution in [2.75, 3.05) is 66.1 Å². The smallest absolute Gasteiger partial charge is 0.407 e. The van der Waals surface area contributed by atoms with Gasteiger partial charge in [-0.05, 0) is 116 Å². The number of carbonyl (C=O) groups excluding carboxylic acids is 4. The molecule has 0 radical (unpaired) electrons. The van der Waals surface area contributed by atoms with E-state index in [2.05, 4.69) is 40.5 Å². The minimum absolute atomic E-state index is 0. The topological polar surface area (TPSA) is 285 Å². The average molecular weight is 1350 g/mol. The lowest BCUT2D eigenvalue weighted by atomic mass is 9.98. The van der Waals surface area contributed by atoms with E-state index in [-0.39, 0.29) is 82.1 Å². The average Bonchev–Trinajstić information content (AvgIpc) is 2.43. The number of fused-ring (bicyclic) bond motifs is 2. The Hall–Kier alpha value is -5.84. The van der Waals surface area contributed by atoms with Gasteiger partial charge in [0, 0.05) is 73.6 Å². The molecule has 2 aromatic carbocycles. The summed E-state index contributed by atoms with van der Waals surface area (Å²) in [6.45, 7) is 14.7. The summed E-state index contributed by atoms with van der Waals surface area (Å²) in [5, 5.41) is 19.6. The fourth-order valence-corrected chi connectivity index (χ4v) is 11.9. The largest absolute Gasteiger partial charge is 0.444 e. The van der Waals surface area contributed by atoms with Crippen LogP contribution in [0.4, 0.5) is 26.8 Å². The summed E-state index contributed by atoms with van der Waals surface area (Å²) in [4.78, 5) is 64.7. The number of amides is 4. The maximum absolute atomic E-state index is 13.9. The van der Waals surface area contributed by atoms with Crippen molar-refractivity contribution in [2.45, 2.75) is 115 Å². The fourth-order valence-electron chi connectivity index (χ4n) is 9.76. The number of sulfonamides is 2. The Morgan fingerprint density at radius 3 is 1.45 bits per heavy atom. The number of halogens is 6. The third kappa shape index (κ3) is 18.1. The van der Waals surface area contributed by atoms with Crippen LogP contribution < -0.4 is 30.3 Å². The number of anilines is 3. The van der Waals surface area contributed by atoms with E-state index in [9.17, 15) is 36.0 Å². The molecule has 4 fully saturated rings. The lowest BCUT2D eigenvalue weighted by Crippen LogP contribution is -2.60. The molecule has 24 nitrogen and oxygen atoms in total. The predicted molar refractivity (Wildman–Crippen MR) is 335 cm³/mol. The molecule has 0 saturated carbocycles. The SMILES string of the molecule is CC(C)(C)OC(=O)NC1CN(c2cc(Cl)nc3cc([C@@H]4CCCCN4C(=O)c4cc(Cl)ccc4NS(C)(=O)=O)nn23)C1.CC(C)(C)OC(=O)NC1CNC1.CS(=O)(=O)Nc1ccc(Cl)cc1C(=O)N1CCCC[C@H]1c1cc2nc(Cl)cc(Cl)n2n1.Cl. The highest BCUT2D eigenvalue weighted by molar-refractivity contribution is 7.92. The Morgan fingerprint density at radius 2 is 1.02 bits per heavy atom. The Balaban J connectivity index is 0.000000210. The van der Waals surface area contributed by atoms with Gasteiger partial charge in [0.25, 0.3) is 11.8 Å². The van der Waals surface area contributed by atoms with Crippen LogP contribution >= 0.6 is 70.4 Å². The van der Waals surface area contributed by atoms with Gasteiger partial charge < -0.3 is 40.1 Å². The summed E-state index contributed by atoms with van der Waals surface area (Å²) < 4.78 is 65.9. The summed E-state index contributed by atoms with van der Waals surface area (Å²) in [7, 11) is -7.21. The highest BCUT2D eigenvalue weighted by atomic mass is 35.5. The molecule has 0 unspecified atom stereocenters. The van der Waals surface area contributed by atoms with Crippen LogP contribution in [0.25, 0.3) is 11.3 Å². The minimum Gasteiger partial charge on any atom is -0.444 e. The number of nitrogens with zero attached hydrogens (tertiary/aromatic N) is 9. The number of benzene rings is 2. The predicted octanol–water partition coefficient (Wildman–Crippen LogP) is 9.82. The van der Waals surface area contributed by atoms with Gasteiger partial charge in [0.15, 0.2) is 11.3 Å². The molecule has 4 aliphatic rings. The number of alkyl carbamates (subject to hydrolysis) is 2. The Morgan fingerprint density at radius 1 is 0.593 bits per heavy atom. The number of carbonyl (C=O) groups is 4. The zero-order chi connectivity index (χ0) is 61.9. The molecular weight excluding hydrogens is 1280 g/mol. The first-order chi connectivity index (χ1) is 39.8. The zero-order valence-electron chi connectivity index (χ0n) is 48.3. The third-order valence-corrected chi connectivity index (χ3v) is 15.7. The number of rotatable bonds is 11. The number of nitrogens with one attached hydrogen (secondary N) is 5. The van der Waals surface area contributed by atoms with Crippen LogP contribution in [-0.2, 0) is 29.5 Å². The molecule has 5 N–H and O–H groups in total. The van der Waals surface area contributed by atoms with Gasteiger partial charge in [-0.2, -0.15) is 14.7 Å². The fraction of sp³-hybridized carbons (Fsp3) is 0.481. The van der Waals surface area contributed by atoms with Crippen molar-refractivity contribution < 1.29 is 45.5 Å². The quantitative estimate of drug-likeness (QED) is 0.0754. The summed E-state index contributed by atoms with van der Waals surface area (Å²) in [5.74, 6) is 0.0181. The number of ether oxygens (including phenoxy) is 2. The van der Waals surface area contributed by atoms with Crippen LogP contribution in [0.2, 0.25) is 25.5 Å². The van der Waals surface area contributed by atoms with E-state index in [1.807, 2.05) is 52.5 Å². The van der Waals surface area contributed by atoms with Gasteiger partial charge in [0.2, 0.25) is 20.0 Å². The number of likely N-dealkylation sites (tertiary alicyclic amines) is 2. The third-order valence-electron chi connectivity index (χ3n) is 13.4. The van der Waals surface area contributed by atoms with E-state index in [4.69, 9.17) is 72.6 Å². The standard InChI is InChI=1S/C27H33Cl2N7O5S.C19H18Cl3N5O3S.C8H16N2O2.ClH/c1-27(2,3)41-26(38)30-17-14-34(15-17)24-13-22(29)31-23-12-20(32-36(23)24)21-7-5-6-10-35(21)25(37)18-11-16(28)8-9-19(18)33-42(4,39)40;1-31(29,30)25-13-6-5-11(20)8-12(13)19(28)26-7-3-2-4-15(26)14-9-18-23-16(21)10-17(22)27(18)24-14;1-8(2,3)12-7(11)10-6-4-9-5-6;/h8-9,11-13,17,21,33H,5-7,10,14-15H2,1-4H3,(H,30,38);5-6,8-10,15,25H,2-4,7H2,1H3;6,9H,4-5H2,1-3H3,(H,10,11);1H/t21-;15-;;/m00../s1. The Kier molecular flexibility index (Phi) is 21.8. The normalized spacial score (nSPS) is 17.6. The van der Waals surface area contributed by atoms with Crippen LogP contribution in [0.15, 0.2) is 60.7 Å². The number of piperidine rings is 2. The van der Waals surface area contributed by atoms with Gasteiger partial charge in [-0.15, -0.1) is 12.4 Å². The monoisotopic (exact) mass is 1350 g/mol. The van der Waals surface area contributed by atoms with E-state index in [0.29, 0.717) is 87.9 Å². The Labute approximate surface area is 530 Å². The molecule has 4 saturated heterocycles. The van der Waals surface area contributed by atoms with Gasteiger partial charge >= 0.3 is 12.2 Å². The molecule has 10 rings (SSSR count). The van der Waals surface area contributed by atoms with Crippen molar-refractivity contribution in [1.29, 1.82) is 0 Å². The zero-order valence-corrected chi connectivity index (χ0v) is 54.5. The molecule has 0 bridgehead atoms. The van der Waals surface area contributed by atoms with Gasteiger partial charge in [0.05, 0.1) is 70.6 Å². The highest BCUT2D eigenvalue weighted by Crippen LogP contribution is 2.37. The van der Waals surface area contributed by atoms with Crippen LogP contribution in [0.3, 0.4) is 0 Å². The second-order valence-corrected chi connectivity index (χ2v) is 28.4. The summed E-state index contributed by atoms with van der Waals surface area (Å²) in [5.41, 5.74) is 1.96. The maximum atomic E-state index is 13.9. The number of hydrogen-bond acceptors (Lipinski definition) is 16. The molecule has 4 amide bonds. The minimum atomic E-state index is -3.63. The lowest BCUT2D eigenvalue weighted by Gasteiger charge is -2.41. The summed E-state index contributed by atoms with van der Waals surface area (Å²) >= 11 is 30.9. The highest BCUT2D eigenvalue weighted by Gasteiger charge is 2.36. The van der Waals surface area contributed by atoms with Gasteiger partial charge in [-0.3, -0.25) is 19.0 Å². The molecule has 4 aromatic heterocycles. The van der Waals surface area contributed by atoms with Crippen LogP contribution in [0.5, 0.6) is 0 Å². The molecule has 0 aliphatic carbocycles. The summed E-state index contributed by atoms with van der Waals surface area (Å²) in [6.07, 6.45) is 6.02. The number of aromatic nitrogens is 6. The maximum Gasteiger partial charge on any atom is 0.407 e. The van der Waals surface area contributed by atoms with Crippen LogP contribution in [0, 0.1) is 0 Å². The molecule has 8 heterocycles.